The summed E-state index contributed by atoms with van der Waals surface area (Å²) in [6.07, 6.45) is 2.84. The van der Waals surface area contributed by atoms with Gasteiger partial charge >= 0.3 is 6.61 Å². The molecule has 0 amide bonds. The Kier molecular flexibility index (Phi) is 6.11. The lowest BCUT2D eigenvalue weighted by Crippen LogP contribution is -2.04. The van der Waals surface area contributed by atoms with Crippen LogP contribution in [0.4, 0.5) is 8.78 Å². The van der Waals surface area contributed by atoms with Gasteiger partial charge in [-0.05, 0) is 54.6 Å². The Hall–Kier alpha value is -3.12. The van der Waals surface area contributed by atoms with Crippen LogP contribution in [0.3, 0.4) is 0 Å². The number of ether oxygens (including phenoxy) is 2. The van der Waals surface area contributed by atoms with E-state index in [1.54, 1.807) is 24.3 Å². The fourth-order valence-electron chi connectivity index (χ4n) is 2.51. The van der Waals surface area contributed by atoms with E-state index in [9.17, 15) is 13.6 Å². The lowest BCUT2D eigenvalue weighted by atomic mass is 10.1. The van der Waals surface area contributed by atoms with Crippen molar-refractivity contribution in [3.05, 3.63) is 77.0 Å². The number of furan rings is 1. The van der Waals surface area contributed by atoms with Gasteiger partial charge in [-0.3, -0.25) is 4.79 Å². The first-order valence-corrected chi connectivity index (χ1v) is 8.55. The molecule has 0 unspecified atom stereocenters. The molecule has 0 aliphatic rings. The van der Waals surface area contributed by atoms with Crippen LogP contribution >= 0.6 is 11.6 Å². The topological polar surface area (TPSA) is 48.7 Å². The Morgan fingerprint density at radius 3 is 2.64 bits per heavy atom. The summed E-state index contributed by atoms with van der Waals surface area (Å²) < 4.78 is 39.8. The molecule has 28 heavy (non-hydrogen) atoms. The number of allylic oxidation sites excluding steroid dienone is 1. The Bertz CT molecular complexity index is 1010. The molecule has 0 saturated carbocycles. The number of methoxy groups -OCH3 is 1. The maximum absolute atomic E-state index is 12.4. The zero-order chi connectivity index (χ0) is 20.1. The maximum Gasteiger partial charge on any atom is 0.387 e. The fraction of sp³-hybridized carbons (Fsp3) is 0.0952. The second kappa shape index (κ2) is 8.71. The van der Waals surface area contributed by atoms with Gasteiger partial charge in [-0.15, -0.1) is 0 Å². The molecule has 3 aromatic rings. The Labute approximate surface area is 164 Å². The first kappa shape index (κ1) is 19.6. The average Bonchev–Trinajstić information content (AvgIpc) is 3.15. The zero-order valence-electron chi connectivity index (χ0n) is 14.7. The van der Waals surface area contributed by atoms with Crippen molar-refractivity contribution in [3.8, 4) is 22.8 Å². The van der Waals surface area contributed by atoms with E-state index < -0.39 is 6.61 Å². The van der Waals surface area contributed by atoms with Crippen LogP contribution in [0, 0.1) is 0 Å². The van der Waals surface area contributed by atoms with Gasteiger partial charge in [0.2, 0.25) is 0 Å². The van der Waals surface area contributed by atoms with Gasteiger partial charge in [0.25, 0.3) is 0 Å². The normalized spacial score (nSPS) is 11.2. The summed E-state index contributed by atoms with van der Waals surface area (Å²) >= 11 is 5.97. The Morgan fingerprint density at radius 2 is 1.93 bits per heavy atom. The number of hydrogen-bond donors (Lipinski definition) is 0. The lowest BCUT2D eigenvalue weighted by molar-refractivity contribution is -0.0512. The number of benzene rings is 2. The van der Waals surface area contributed by atoms with Crippen LogP contribution in [0.25, 0.3) is 17.4 Å². The fourth-order valence-corrected chi connectivity index (χ4v) is 2.70. The molecule has 4 nitrogen and oxygen atoms in total. The van der Waals surface area contributed by atoms with E-state index >= 15 is 0 Å². The van der Waals surface area contributed by atoms with Gasteiger partial charge in [0, 0.05) is 16.1 Å². The minimum Gasteiger partial charge on any atom is -0.493 e. The quantitative estimate of drug-likeness (QED) is 0.352. The molecule has 2 aromatic carbocycles. The minimum absolute atomic E-state index is 0.0424. The number of rotatable bonds is 7. The maximum atomic E-state index is 12.4. The molecule has 1 heterocycles. The van der Waals surface area contributed by atoms with Gasteiger partial charge in [0.1, 0.15) is 11.5 Å². The van der Waals surface area contributed by atoms with Crippen LogP contribution in [0.15, 0.2) is 65.1 Å². The van der Waals surface area contributed by atoms with Crippen molar-refractivity contribution in [2.75, 3.05) is 7.11 Å². The van der Waals surface area contributed by atoms with Gasteiger partial charge in [0.15, 0.2) is 17.3 Å². The van der Waals surface area contributed by atoms with Gasteiger partial charge in [0.05, 0.1) is 7.11 Å². The molecule has 7 heteroatoms. The predicted molar refractivity (Wildman–Crippen MR) is 102 cm³/mol. The van der Waals surface area contributed by atoms with Crippen molar-refractivity contribution in [3.63, 3.8) is 0 Å². The monoisotopic (exact) mass is 404 g/mol. The molecule has 0 atom stereocenters. The van der Waals surface area contributed by atoms with Gasteiger partial charge in [-0.25, -0.2) is 0 Å². The highest BCUT2D eigenvalue weighted by atomic mass is 35.5. The molecule has 0 aliphatic heterocycles. The van der Waals surface area contributed by atoms with E-state index in [0.29, 0.717) is 16.5 Å². The predicted octanol–water partition coefficient (Wildman–Crippen LogP) is 6.11. The van der Waals surface area contributed by atoms with Crippen molar-refractivity contribution in [2.45, 2.75) is 6.61 Å². The largest absolute Gasteiger partial charge is 0.493 e. The highest BCUT2D eigenvalue weighted by Gasteiger charge is 2.13. The van der Waals surface area contributed by atoms with Crippen molar-refractivity contribution < 1.29 is 27.5 Å². The molecule has 0 bridgehead atoms. The number of halogens is 3. The van der Waals surface area contributed by atoms with E-state index in [4.69, 9.17) is 20.8 Å². The Balaban J connectivity index is 1.75. The minimum atomic E-state index is -2.98. The van der Waals surface area contributed by atoms with Crippen molar-refractivity contribution in [2.24, 2.45) is 0 Å². The van der Waals surface area contributed by atoms with E-state index in [-0.39, 0.29) is 22.8 Å². The number of carbonyl (C=O) groups is 1. The molecular formula is C21H15ClF2O4. The number of carbonyl (C=O) groups excluding carboxylic acids is 1. The van der Waals surface area contributed by atoms with Crippen molar-refractivity contribution in [1.82, 2.24) is 0 Å². The first-order chi connectivity index (χ1) is 13.5. The molecular weight excluding hydrogens is 390 g/mol. The number of hydrogen-bond acceptors (Lipinski definition) is 4. The van der Waals surface area contributed by atoms with Gasteiger partial charge < -0.3 is 13.9 Å². The molecule has 0 radical (unpaired) electrons. The molecule has 0 spiro atoms. The summed E-state index contributed by atoms with van der Waals surface area (Å²) in [4.78, 5) is 12.4. The first-order valence-electron chi connectivity index (χ1n) is 8.17. The number of ketones is 1. The third kappa shape index (κ3) is 4.78. The molecule has 1 aromatic heterocycles. The summed E-state index contributed by atoms with van der Waals surface area (Å²) in [5.41, 5.74) is 1.08. The van der Waals surface area contributed by atoms with Crippen LogP contribution in [0.1, 0.15) is 16.1 Å². The third-order valence-corrected chi connectivity index (χ3v) is 4.03. The SMILES string of the molecule is COc1cc(C(=O)/C=C/c2ccc(-c3cccc(Cl)c3)o2)ccc1OC(F)F. The molecule has 0 saturated heterocycles. The van der Waals surface area contributed by atoms with Crippen LogP contribution in [0.5, 0.6) is 11.5 Å². The van der Waals surface area contributed by atoms with E-state index in [2.05, 4.69) is 4.74 Å². The summed E-state index contributed by atoms with van der Waals surface area (Å²) in [5, 5.41) is 0.592. The van der Waals surface area contributed by atoms with Crippen molar-refractivity contribution >= 4 is 23.5 Å². The van der Waals surface area contributed by atoms with Crippen LogP contribution in [0.2, 0.25) is 5.02 Å². The van der Waals surface area contributed by atoms with Crippen LogP contribution in [-0.2, 0) is 0 Å². The second-order valence-corrected chi connectivity index (χ2v) is 6.09. The average molecular weight is 405 g/mol. The highest BCUT2D eigenvalue weighted by Crippen LogP contribution is 2.30. The molecule has 3 rings (SSSR count). The second-order valence-electron chi connectivity index (χ2n) is 5.65. The highest BCUT2D eigenvalue weighted by molar-refractivity contribution is 6.30. The smallest absolute Gasteiger partial charge is 0.387 e. The zero-order valence-corrected chi connectivity index (χ0v) is 15.5. The van der Waals surface area contributed by atoms with E-state index in [1.165, 1.54) is 37.5 Å². The molecule has 0 aliphatic carbocycles. The van der Waals surface area contributed by atoms with E-state index in [0.717, 1.165) is 5.56 Å². The lowest BCUT2D eigenvalue weighted by Gasteiger charge is -2.10. The Morgan fingerprint density at radius 1 is 1.11 bits per heavy atom. The molecule has 0 N–H and O–H groups in total. The van der Waals surface area contributed by atoms with Gasteiger partial charge in [-0.2, -0.15) is 8.78 Å². The molecule has 144 valence electrons. The third-order valence-electron chi connectivity index (χ3n) is 3.80. The summed E-state index contributed by atoms with van der Waals surface area (Å²) in [6.45, 7) is -2.98. The van der Waals surface area contributed by atoms with Crippen LogP contribution in [-0.4, -0.2) is 19.5 Å². The standard InChI is InChI=1S/C21H15ClF2O4/c1-26-20-12-13(5-9-19(20)28-21(23)24)17(25)8-6-16-7-10-18(27-16)14-3-2-4-15(22)11-14/h2-12,21H,1H3/b8-6+. The van der Waals surface area contributed by atoms with Crippen LogP contribution < -0.4 is 9.47 Å². The summed E-state index contributed by atoms with van der Waals surface area (Å²) in [5.74, 6) is 0.649. The van der Waals surface area contributed by atoms with Gasteiger partial charge in [-0.1, -0.05) is 23.7 Å². The number of alkyl halides is 2. The summed E-state index contributed by atoms with van der Waals surface area (Å²) in [7, 11) is 1.30. The van der Waals surface area contributed by atoms with Crippen molar-refractivity contribution in [1.29, 1.82) is 0 Å². The molecule has 0 fully saturated rings. The summed E-state index contributed by atoms with van der Waals surface area (Å²) in [6, 6.07) is 14.7. The van der Waals surface area contributed by atoms with E-state index in [1.807, 2.05) is 12.1 Å².